The molecular formula is C14H10ClFO4S. The molecule has 0 aliphatic heterocycles. The number of benzene rings is 2. The van der Waals surface area contributed by atoms with Crippen LogP contribution in [0.4, 0.5) is 4.39 Å². The molecule has 7 heteroatoms. The fourth-order valence-electron chi connectivity index (χ4n) is 1.84. The zero-order chi connectivity index (χ0) is 15.6. The molecule has 0 atom stereocenters. The minimum absolute atomic E-state index is 0.0219. The number of halogens is 2. The van der Waals surface area contributed by atoms with Crippen LogP contribution in [0.25, 0.3) is 0 Å². The van der Waals surface area contributed by atoms with Gasteiger partial charge in [0.25, 0.3) is 0 Å². The highest BCUT2D eigenvalue weighted by Gasteiger charge is 2.23. The highest BCUT2D eigenvalue weighted by Crippen LogP contribution is 2.25. The minimum atomic E-state index is -3.91. The average molecular weight is 329 g/mol. The Morgan fingerprint density at radius 3 is 2.48 bits per heavy atom. The molecule has 0 fully saturated rings. The van der Waals surface area contributed by atoms with Crippen molar-refractivity contribution in [1.82, 2.24) is 0 Å². The van der Waals surface area contributed by atoms with E-state index in [4.69, 9.17) is 16.7 Å². The van der Waals surface area contributed by atoms with Gasteiger partial charge >= 0.3 is 5.97 Å². The van der Waals surface area contributed by atoms with Crippen LogP contribution in [0.15, 0.2) is 47.4 Å². The van der Waals surface area contributed by atoms with Crippen LogP contribution in [0.1, 0.15) is 15.9 Å². The molecule has 0 aliphatic carbocycles. The molecule has 0 bridgehead atoms. The van der Waals surface area contributed by atoms with Crippen LogP contribution in [0.5, 0.6) is 0 Å². The minimum Gasteiger partial charge on any atom is -0.478 e. The third-order valence-electron chi connectivity index (χ3n) is 2.81. The Morgan fingerprint density at radius 2 is 1.86 bits per heavy atom. The number of aromatic carboxylic acids is 1. The quantitative estimate of drug-likeness (QED) is 0.935. The van der Waals surface area contributed by atoms with Crippen molar-refractivity contribution in [2.24, 2.45) is 0 Å². The van der Waals surface area contributed by atoms with E-state index in [2.05, 4.69) is 0 Å². The number of carboxylic acids is 1. The normalized spacial score (nSPS) is 11.3. The van der Waals surface area contributed by atoms with E-state index in [1.807, 2.05) is 0 Å². The van der Waals surface area contributed by atoms with E-state index >= 15 is 0 Å². The second-order valence-electron chi connectivity index (χ2n) is 4.30. The summed E-state index contributed by atoms with van der Waals surface area (Å²) in [5.74, 6) is -2.41. The van der Waals surface area contributed by atoms with E-state index in [0.717, 1.165) is 12.1 Å². The van der Waals surface area contributed by atoms with Crippen LogP contribution < -0.4 is 0 Å². The summed E-state index contributed by atoms with van der Waals surface area (Å²) in [4.78, 5) is 10.8. The number of hydrogen-bond donors (Lipinski definition) is 1. The average Bonchev–Trinajstić information content (AvgIpc) is 2.42. The van der Waals surface area contributed by atoms with E-state index in [9.17, 15) is 17.6 Å². The fourth-order valence-corrected chi connectivity index (χ4v) is 3.74. The number of sulfone groups is 1. The third kappa shape index (κ3) is 3.40. The van der Waals surface area contributed by atoms with Gasteiger partial charge in [0.2, 0.25) is 0 Å². The Morgan fingerprint density at radius 1 is 1.19 bits per heavy atom. The van der Waals surface area contributed by atoms with Crippen molar-refractivity contribution in [2.45, 2.75) is 10.6 Å². The lowest BCUT2D eigenvalue weighted by Gasteiger charge is -2.09. The molecule has 110 valence electrons. The lowest BCUT2D eigenvalue weighted by molar-refractivity contribution is 0.0692. The van der Waals surface area contributed by atoms with Gasteiger partial charge in [0.1, 0.15) is 5.82 Å². The summed E-state index contributed by atoms with van der Waals surface area (Å²) >= 11 is 5.80. The van der Waals surface area contributed by atoms with Gasteiger partial charge in [-0.1, -0.05) is 29.8 Å². The molecular weight excluding hydrogens is 319 g/mol. The number of carbonyl (C=O) groups is 1. The molecule has 0 aliphatic rings. The maximum absolute atomic E-state index is 13.0. The van der Waals surface area contributed by atoms with Crippen molar-refractivity contribution in [1.29, 1.82) is 0 Å². The van der Waals surface area contributed by atoms with Crippen molar-refractivity contribution < 1.29 is 22.7 Å². The largest absolute Gasteiger partial charge is 0.478 e. The molecule has 0 heterocycles. The van der Waals surface area contributed by atoms with Crippen LogP contribution in [-0.4, -0.2) is 19.5 Å². The molecule has 4 nitrogen and oxygen atoms in total. The van der Waals surface area contributed by atoms with Crippen LogP contribution in [0.2, 0.25) is 5.02 Å². The maximum Gasteiger partial charge on any atom is 0.337 e. The highest BCUT2D eigenvalue weighted by molar-refractivity contribution is 7.90. The van der Waals surface area contributed by atoms with Gasteiger partial charge in [0, 0.05) is 5.02 Å². The number of rotatable bonds is 4. The van der Waals surface area contributed by atoms with E-state index in [0.29, 0.717) is 0 Å². The summed E-state index contributed by atoms with van der Waals surface area (Å²) < 4.78 is 37.7. The smallest absolute Gasteiger partial charge is 0.337 e. The Bertz CT molecular complexity index is 802. The summed E-state index contributed by atoms with van der Waals surface area (Å²) in [7, 11) is -3.91. The van der Waals surface area contributed by atoms with Gasteiger partial charge in [0.15, 0.2) is 9.84 Å². The monoisotopic (exact) mass is 328 g/mol. The van der Waals surface area contributed by atoms with E-state index in [-0.39, 0.29) is 21.0 Å². The van der Waals surface area contributed by atoms with E-state index in [1.54, 1.807) is 0 Å². The first-order valence-electron chi connectivity index (χ1n) is 5.80. The molecule has 2 aromatic carbocycles. The molecule has 0 saturated carbocycles. The Hall–Kier alpha value is -1.92. The van der Waals surface area contributed by atoms with Gasteiger partial charge in [-0.15, -0.1) is 0 Å². The SMILES string of the molecule is O=C(O)c1ccccc1S(=O)(=O)Cc1ccc(F)cc1Cl. The molecule has 0 radical (unpaired) electrons. The first-order chi connectivity index (χ1) is 9.81. The van der Waals surface area contributed by atoms with E-state index < -0.39 is 27.4 Å². The van der Waals surface area contributed by atoms with Crippen LogP contribution >= 0.6 is 11.6 Å². The Balaban J connectivity index is 2.46. The Kier molecular flexibility index (Phi) is 4.29. The Labute approximate surface area is 125 Å². The topological polar surface area (TPSA) is 71.4 Å². The van der Waals surface area contributed by atoms with Crippen LogP contribution in [-0.2, 0) is 15.6 Å². The highest BCUT2D eigenvalue weighted by atomic mass is 35.5. The molecule has 21 heavy (non-hydrogen) atoms. The van der Waals surface area contributed by atoms with Crippen molar-refractivity contribution in [3.05, 3.63) is 64.4 Å². The van der Waals surface area contributed by atoms with Crippen LogP contribution in [0.3, 0.4) is 0 Å². The molecule has 0 amide bonds. The second-order valence-corrected chi connectivity index (χ2v) is 6.66. The van der Waals surface area contributed by atoms with Crippen molar-refractivity contribution in [2.75, 3.05) is 0 Å². The van der Waals surface area contributed by atoms with Gasteiger partial charge in [-0.05, 0) is 29.8 Å². The van der Waals surface area contributed by atoms with Gasteiger partial charge < -0.3 is 5.11 Å². The number of hydrogen-bond acceptors (Lipinski definition) is 3. The predicted octanol–water partition coefficient (Wildman–Crippen LogP) is 3.15. The summed E-state index contributed by atoms with van der Waals surface area (Å²) in [6, 6.07) is 8.67. The molecule has 2 aromatic rings. The summed E-state index contributed by atoms with van der Waals surface area (Å²) in [5.41, 5.74) is -0.103. The maximum atomic E-state index is 13.0. The summed E-state index contributed by atoms with van der Waals surface area (Å²) in [5, 5.41) is 9.02. The fraction of sp³-hybridized carbons (Fsp3) is 0.0714. The summed E-state index contributed by atoms with van der Waals surface area (Å²) in [6.45, 7) is 0. The first-order valence-corrected chi connectivity index (χ1v) is 7.83. The van der Waals surface area contributed by atoms with Crippen molar-refractivity contribution in [3.63, 3.8) is 0 Å². The second kappa shape index (κ2) is 5.83. The molecule has 0 aromatic heterocycles. The lowest BCUT2D eigenvalue weighted by Crippen LogP contribution is -2.11. The van der Waals surface area contributed by atoms with E-state index in [1.165, 1.54) is 30.3 Å². The van der Waals surface area contributed by atoms with Crippen LogP contribution in [0, 0.1) is 5.82 Å². The lowest BCUT2D eigenvalue weighted by atomic mass is 10.2. The third-order valence-corrected chi connectivity index (χ3v) is 4.88. The van der Waals surface area contributed by atoms with Gasteiger partial charge in [-0.25, -0.2) is 17.6 Å². The number of carboxylic acid groups (broad SMARTS) is 1. The van der Waals surface area contributed by atoms with Gasteiger partial charge in [0.05, 0.1) is 16.2 Å². The molecule has 0 spiro atoms. The first kappa shape index (κ1) is 15.5. The molecule has 0 saturated heterocycles. The zero-order valence-corrected chi connectivity index (χ0v) is 12.2. The molecule has 2 rings (SSSR count). The van der Waals surface area contributed by atoms with Gasteiger partial charge in [-0.2, -0.15) is 0 Å². The van der Waals surface area contributed by atoms with Crippen molar-refractivity contribution in [3.8, 4) is 0 Å². The molecule has 1 N–H and O–H groups in total. The standard InChI is InChI=1S/C14H10ClFO4S/c15-12-7-10(16)6-5-9(12)8-21(19,20)13-4-2-1-3-11(13)14(17)18/h1-7H,8H2,(H,17,18). The molecule has 0 unspecified atom stereocenters. The summed E-state index contributed by atoms with van der Waals surface area (Å²) in [6.07, 6.45) is 0. The van der Waals surface area contributed by atoms with Gasteiger partial charge in [-0.3, -0.25) is 0 Å². The van der Waals surface area contributed by atoms with Crippen molar-refractivity contribution >= 4 is 27.4 Å². The zero-order valence-electron chi connectivity index (χ0n) is 10.6. The predicted molar refractivity (Wildman–Crippen MR) is 75.7 cm³/mol.